The molecule has 0 spiro atoms. The fourth-order valence-corrected chi connectivity index (χ4v) is 8.96. The van der Waals surface area contributed by atoms with Crippen LogP contribution in [-0.2, 0) is 20.9 Å². The Kier molecular flexibility index (Phi) is 7.03. The number of thioether (sulfide) groups is 1. The van der Waals surface area contributed by atoms with Gasteiger partial charge >= 0.3 is 4.87 Å². The lowest BCUT2D eigenvalue weighted by atomic mass is 9.83. The molecule has 7 nitrogen and oxygen atoms in total. The number of nitrogens with one attached hydrogen (secondary N) is 1. The van der Waals surface area contributed by atoms with Crippen LogP contribution in [-0.4, -0.2) is 27.5 Å². The number of hydrogen-bond acceptors (Lipinski definition) is 6. The highest BCUT2D eigenvalue weighted by atomic mass is 79.9. The van der Waals surface area contributed by atoms with Crippen molar-refractivity contribution >= 4 is 78.9 Å². The molecule has 3 atom stereocenters. The molecular formula is C32H21BrFN3O4S2. The highest BCUT2D eigenvalue weighted by Crippen LogP contribution is 2.54. The molecule has 43 heavy (non-hydrogen) atoms. The topological polar surface area (TPSA) is 88.5 Å². The zero-order valence-corrected chi connectivity index (χ0v) is 25.4. The lowest BCUT2D eigenvalue weighted by Crippen LogP contribution is -2.33. The molecule has 4 aromatic carbocycles. The van der Waals surface area contributed by atoms with Crippen LogP contribution in [0.1, 0.15) is 16.4 Å². The van der Waals surface area contributed by atoms with E-state index < -0.39 is 34.7 Å². The number of fused-ring (bicyclic) bond motifs is 3. The summed E-state index contributed by atoms with van der Waals surface area (Å²) in [6.45, 7) is -0.253. The van der Waals surface area contributed by atoms with Crippen molar-refractivity contribution in [1.82, 2.24) is 4.57 Å². The first-order chi connectivity index (χ1) is 20.8. The number of aromatic nitrogens is 1. The molecular weight excluding hydrogens is 653 g/mol. The van der Waals surface area contributed by atoms with Gasteiger partial charge in [0.1, 0.15) is 17.6 Å². The second kappa shape index (κ2) is 10.9. The van der Waals surface area contributed by atoms with Crippen LogP contribution in [0.3, 0.4) is 0 Å². The summed E-state index contributed by atoms with van der Waals surface area (Å²) < 4.78 is 15.8. The Morgan fingerprint density at radius 3 is 2.42 bits per heavy atom. The van der Waals surface area contributed by atoms with Crippen molar-refractivity contribution in [2.45, 2.75) is 22.7 Å². The summed E-state index contributed by atoms with van der Waals surface area (Å²) in [5.41, 5.74) is 1.66. The predicted octanol–water partition coefficient (Wildman–Crippen LogP) is 6.40. The van der Waals surface area contributed by atoms with E-state index in [2.05, 4.69) is 21.2 Å². The zero-order chi connectivity index (χ0) is 29.8. The number of carbonyl (C=O) groups excluding carboxylic acids is 3. The van der Waals surface area contributed by atoms with Crippen LogP contribution in [0.25, 0.3) is 10.8 Å². The molecule has 3 amide bonds. The summed E-state index contributed by atoms with van der Waals surface area (Å²) in [5, 5.41) is 4.56. The quantitative estimate of drug-likeness (QED) is 0.218. The van der Waals surface area contributed by atoms with E-state index in [4.69, 9.17) is 0 Å². The molecule has 1 N–H and O–H groups in total. The molecule has 2 aliphatic rings. The third-order valence-corrected chi connectivity index (χ3v) is 10.8. The standard InChI is InChI=1S/C32H21BrFN3O4S2/c33-20-7-3-6-19(14-20)25-26-27(30(40)37(29(26)39)23-12-9-21(34)10-13-23)42-31-28(25)43-32(41)36(31)16-24(38)35-22-11-8-17-4-1-2-5-18(17)15-22/h1-15,25-27H,16H2,(H,35,38)/t25-,26?,27?/m1/s1. The number of anilines is 2. The lowest BCUT2D eigenvalue weighted by Gasteiger charge is -2.30. The number of amides is 3. The van der Waals surface area contributed by atoms with E-state index in [0.29, 0.717) is 15.6 Å². The van der Waals surface area contributed by atoms with E-state index in [-0.39, 0.29) is 23.0 Å². The average molecular weight is 675 g/mol. The summed E-state index contributed by atoms with van der Waals surface area (Å²) >= 11 is 5.63. The van der Waals surface area contributed by atoms with E-state index in [1.807, 2.05) is 66.7 Å². The molecule has 2 aliphatic heterocycles. The van der Waals surface area contributed by atoms with Gasteiger partial charge in [0.25, 0.3) is 0 Å². The monoisotopic (exact) mass is 673 g/mol. The average Bonchev–Trinajstić information content (AvgIpc) is 3.43. The minimum atomic E-state index is -0.835. The number of carbonyl (C=O) groups is 3. The first-order valence-corrected chi connectivity index (χ1v) is 15.8. The van der Waals surface area contributed by atoms with Gasteiger partial charge in [-0.15, -0.1) is 0 Å². The molecule has 7 rings (SSSR count). The van der Waals surface area contributed by atoms with E-state index >= 15 is 0 Å². The van der Waals surface area contributed by atoms with Gasteiger partial charge in [0.05, 0.1) is 16.6 Å². The Morgan fingerprint density at radius 2 is 1.65 bits per heavy atom. The van der Waals surface area contributed by atoms with Gasteiger partial charge in [-0.3, -0.25) is 23.7 Å². The van der Waals surface area contributed by atoms with E-state index in [1.54, 1.807) is 0 Å². The van der Waals surface area contributed by atoms with Crippen LogP contribution < -0.4 is 15.1 Å². The summed E-state index contributed by atoms with van der Waals surface area (Å²) in [6, 6.07) is 26.1. The lowest BCUT2D eigenvalue weighted by molar-refractivity contribution is -0.122. The third kappa shape index (κ3) is 4.91. The van der Waals surface area contributed by atoms with Crippen LogP contribution in [0.2, 0.25) is 0 Å². The predicted molar refractivity (Wildman–Crippen MR) is 169 cm³/mol. The Bertz CT molecular complexity index is 2010. The normalized spacial score (nSPS) is 19.4. The molecule has 1 aromatic heterocycles. The highest BCUT2D eigenvalue weighted by molar-refractivity contribution is 9.10. The van der Waals surface area contributed by atoms with Gasteiger partial charge in [0.15, 0.2) is 0 Å². The molecule has 0 bridgehead atoms. The van der Waals surface area contributed by atoms with Gasteiger partial charge in [-0.2, -0.15) is 0 Å². The zero-order valence-electron chi connectivity index (χ0n) is 22.2. The molecule has 0 radical (unpaired) electrons. The fraction of sp³-hybridized carbons (Fsp3) is 0.125. The number of halogens is 2. The van der Waals surface area contributed by atoms with Crippen LogP contribution >= 0.6 is 39.0 Å². The molecule has 214 valence electrons. The molecule has 2 unspecified atom stereocenters. The van der Waals surface area contributed by atoms with Gasteiger partial charge in [-0.05, 0) is 64.9 Å². The maximum atomic E-state index is 13.9. The number of rotatable bonds is 5. The van der Waals surface area contributed by atoms with E-state index in [1.165, 1.54) is 28.8 Å². The van der Waals surface area contributed by atoms with E-state index in [9.17, 15) is 23.6 Å². The Labute approximate surface area is 261 Å². The second-order valence-electron chi connectivity index (χ2n) is 10.3. The number of hydrogen-bond donors (Lipinski definition) is 1. The van der Waals surface area contributed by atoms with Gasteiger partial charge in [0, 0.05) is 21.0 Å². The number of thiazole rings is 1. The Balaban J connectivity index is 1.26. The first kappa shape index (κ1) is 27.8. The summed E-state index contributed by atoms with van der Waals surface area (Å²) in [6.07, 6.45) is 0. The minimum absolute atomic E-state index is 0.253. The highest BCUT2D eigenvalue weighted by Gasteiger charge is 2.56. The number of benzene rings is 4. The summed E-state index contributed by atoms with van der Waals surface area (Å²) in [5.74, 6) is -3.10. The second-order valence-corrected chi connectivity index (χ2v) is 13.4. The number of nitrogens with zero attached hydrogens (tertiary/aromatic N) is 2. The van der Waals surface area contributed by atoms with Crippen molar-refractivity contribution in [3.63, 3.8) is 0 Å². The van der Waals surface area contributed by atoms with Gasteiger partial charge in [-0.25, -0.2) is 9.29 Å². The van der Waals surface area contributed by atoms with Crippen molar-refractivity contribution in [2.75, 3.05) is 10.2 Å². The largest absolute Gasteiger partial charge is 0.325 e. The molecule has 11 heteroatoms. The summed E-state index contributed by atoms with van der Waals surface area (Å²) in [4.78, 5) is 55.7. The van der Waals surface area contributed by atoms with Crippen molar-refractivity contribution < 1.29 is 18.8 Å². The van der Waals surface area contributed by atoms with E-state index in [0.717, 1.165) is 48.8 Å². The van der Waals surface area contributed by atoms with Gasteiger partial charge in [-0.1, -0.05) is 81.5 Å². The molecule has 1 saturated heterocycles. The summed E-state index contributed by atoms with van der Waals surface area (Å²) in [7, 11) is 0. The third-order valence-electron chi connectivity index (χ3n) is 7.68. The Hall–Kier alpha value is -4.06. The maximum Gasteiger partial charge on any atom is 0.308 e. The SMILES string of the molecule is O=C(Cn1c2c(sc1=O)[C@H](c1cccc(Br)c1)C1C(=O)N(c3ccc(F)cc3)C(=O)C1S2)Nc1ccc2ccccc2c1. The van der Waals surface area contributed by atoms with Gasteiger partial charge < -0.3 is 5.32 Å². The molecule has 3 heterocycles. The molecule has 5 aromatic rings. The van der Waals surface area contributed by atoms with Crippen molar-refractivity contribution in [2.24, 2.45) is 5.92 Å². The van der Waals surface area contributed by atoms with Crippen LogP contribution in [0.5, 0.6) is 0 Å². The maximum absolute atomic E-state index is 13.9. The minimum Gasteiger partial charge on any atom is -0.325 e. The number of imide groups is 1. The van der Waals surface area contributed by atoms with Crippen molar-refractivity contribution in [1.29, 1.82) is 0 Å². The molecule has 0 saturated carbocycles. The first-order valence-electron chi connectivity index (χ1n) is 13.4. The fourth-order valence-electron chi connectivity index (χ4n) is 5.77. The van der Waals surface area contributed by atoms with Crippen molar-refractivity contribution in [3.8, 4) is 0 Å². The molecule has 1 fully saturated rings. The molecule has 0 aliphatic carbocycles. The van der Waals surface area contributed by atoms with Crippen LogP contribution in [0, 0.1) is 11.7 Å². The van der Waals surface area contributed by atoms with Gasteiger partial charge in [0.2, 0.25) is 17.7 Å². The van der Waals surface area contributed by atoms with Crippen molar-refractivity contribution in [3.05, 3.63) is 121 Å². The van der Waals surface area contributed by atoms with Crippen LogP contribution in [0.4, 0.5) is 15.8 Å². The van der Waals surface area contributed by atoms with Crippen LogP contribution in [0.15, 0.2) is 105 Å². The smallest absolute Gasteiger partial charge is 0.308 e. The Morgan fingerprint density at radius 1 is 0.884 bits per heavy atom.